The van der Waals surface area contributed by atoms with E-state index in [1.165, 1.54) is 0 Å². The number of anilines is 1. The molecular weight excluding hydrogens is 354 g/mol. The molecule has 7 nitrogen and oxygen atoms in total. The minimum absolute atomic E-state index is 0.102. The van der Waals surface area contributed by atoms with Gasteiger partial charge in [-0.15, -0.1) is 0 Å². The Labute approximate surface area is 166 Å². The topological polar surface area (TPSA) is 65.7 Å². The second-order valence-electron chi connectivity index (χ2n) is 8.07. The number of hydrogen-bond acceptors (Lipinski definition) is 6. The normalized spacial score (nSPS) is 20.9. The number of hydrogen-bond donors (Lipinski definition) is 0. The first-order chi connectivity index (χ1) is 13.5. The van der Waals surface area contributed by atoms with Crippen LogP contribution in [-0.2, 0) is 4.79 Å². The second-order valence-corrected chi connectivity index (χ2v) is 8.07. The maximum Gasteiger partial charge on any atom is 0.227 e. The van der Waals surface area contributed by atoms with Gasteiger partial charge in [-0.2, -0.15) is 4.98 Å². The molecule has 2 aliphatic rings. The summed E-state index contributed by atoms with van der Waals surface area (Å²) in [6.07, 6.45) is 0.926. The molecule has 2 aliphatic heterocycles. The lowest BCUT2D eigenvalue weighted by molar-refractivity contribution is -0.136. The molecule has 7 heteroatoms. The van der Waals surface area contributed by atoms with E-state index in [1.807, 2.05) is 12.1 Å². The number of aromatic nitrogens is 2. The van der Waals surface area contributed by atoms with Gasteiger partial charge in [0.1, 0.15) is 0 Å². The Kier molecular flexibility index (Phi) is 5.35. The van der Waals surface area contributed by atoms with Gasteiger partial charge in [-0.1, -0.05) is 5.16 Å². The summed E-state index contributed by atoms with van der Waals surface area (Å²) in [7, 11) is 0. The number of piperazine rings is 1. The average Bonchev–Trinajstić information content (AvgIpc) is 3.37. The number of carbonyl (C=O) groups is 1. The molecule has 2 saturated heterocycles. The number of aryl methyl sites for hydroxylation is 1. The van der Waals surface area contributed by atoms with Crippen LogP contribution in [0.1, 0.15) is 26.2 Å². The van der Waals surface area contributed by atoms with Crippen LogP contribution in [0.3, 0.4) is 0 Å². The fraction of sp³-hybridized carbons (Fsp3) is 0.571. The van der Waals surface area contributed by atoms with Crippen molar-refractivity contribution in [1.82, 2.24) is 19.9 Å². The molecule has 0 saturated carbocycles. The highest BCUT2D eigenvalue weighted by atomic mass is 16.5. The van der Waals surface area contributed by atoms with Crippen molar-refractivity contribution in [2.24, 2.45) is 5.92 Å². The predicted molar refractivity (Wildman–Crippen MR) is 108 cm³/mol. The van der Waals surface area contributed by atoms with Gasteiger partial charge in [0.15, 0.2) is 0 Å². The molecule has 0 bridgehead atoms. The fourth-order valence-electron chi connectivity index (χ4n) is 4.15. The molecule has 1 aromatic carbocycles. The third-order valence-corrected chi connectivity index (χ3v) is 5.91. The van der Waals surface area contributed by atoms with E-state index < -0.39 is 0 Å². The Morgan fingerprint density at radius 1 is 1.11 bits per heavy atom. The molecule has 2 fully saturated rings. The van der Waals surface area contributed by atoms with Crippen LogP contribution in [0.5, 0.6) is 0 Å². The number of nitrogens with zero attached hydrogens (tertiary/aromatic N) is 5. The van der Waals surface area contributed by atoms with Crippen molar-refractivity contribution in [3.63, 3.8) is 0 Å². The molecule has 4 rings (SSSR count). The SMILES string of the molecule is Cc1nc(-c2ccc(N3CC[C@H](C(=O)N4CCN(C(C)C)CC4)C3)cc2)no1. The summed E-state index contributed by atoms with van der Waals surface area (Å²) < 4.78 is 5.05. The van der Waals surface area contributed by atoms with Crippen LogP contribution in [0.15, 0.2) is 28.8 Å². The van der Waals surface area contributed by atoms with E-state index >= 15 is 0 Å². The molecule has 1 aromatic heterocycles. The Hall–Kier alpha value is -2.41. The number of amides is 1. The minimum Gasteiger partial charge on any atom is -0.371 e. The molecule has 0 N–H and O–H groups in total. The third kappa shape index (κ3) is 3.90. The first kappa shape index (κ1) is 18.9. The predicted octanol–water partition coefficient (Wildman–Crippen LogP) is 2.42. The lowest BCUT2D eigenvalue weighted by atomic mass is 10.1. The molecule has 0 aliphatic carbocycles. The summed E-state index contributed by atoms with van der Waals surface area (Å²) in [5, 5.41) is 3.96. The molecule has 0 radical (unpaired) electrons. The van der Waals surface area contributed by atoms with Crippen LogP contribution in [-0.4, -0.2) is 71.2 Å². The fourth-order valence-corrected chi connectivity index (χ4v) is 4.15. The first-order valence-electron chi connectivity index (χ1n) is 10.2. The highest BCUT2D eigenvalue weighted by molar-refractivity contribution is 5.80. The minimum atomic E-state index is 0.102. The summed E-state index contributed by atoms with van der Waals surface area (Å²) in [5.74, 6) is 1.60. The van der Waals surface area contributed by atoms with Crippen molar-refractivity contribution in [2.45, 2.75) is 33.2 Å². The van der Waals surface area contributed by atoms with Crippen molar-refractivity contribution >= 4 is 11.6 Å². The molecule has 0 unspecified atom stereocenters. The standard InChI is InChI=1S/C21H29N5O2/c1-15(2)24-10-12-25(13-11-24)21(27)18-8-9-26(14-18)19-6-4-17(5-7-19)20-22-16(3)28-23-20/h4-7,15,18H,8-14H2,1-3H3/t18-/m0/s1. The van der Waals surface area contributed by atoms with Gasteiger partial charge < -0.3 is 14.3 Å². The van der Waals surface area contributed by atoms with Gasteiger partial charge in [0.05, 0.1) is 5.92 Å². The lowest BCUT2D eigenvalue weighted by Gasteiger charge is -2.37. The summed E-state index contributed by atoms with van der Waals surface area (Å²) in [6, 6.07) is 8.74. The zero-order valence-corrected chi connectivity index (χ0v) is 17.0. The van der Waals surface area contributed by atoms with E-state index in [0.717, 1.165) is 56.9 Å². The van der Waals surface area contributed by atoms with Crippen molar-refractivity contribution < 1.29 is 9.32 Å². The summed E-state index contributed by atoms with van der Waals surface area (Å²) >= 11 is 0. The van der Waals surface area contributed by atoms with Crippen LogP contribution in [0.25, 0.3) is 11.4 Å². The second kappa shape index (κ2) is 7.91. The largest absolute Gasteiger partial charge is 0.371 e. The number of rotatable bonds is 4. The summed E-state index contributed by atoms with van der Waals surface area (Å²) in [6.45, 7) is 11.6. The zero-order valence-electron chi connectivity index (χ0n) is 17.0. The Balaban J connectivity index is 1.34. The first-order valence-corrected chi connectivity index (χ1v) is 10.2. The molecule has 2 aromatic rings. The maximum atomic E-state index is 12.9. The van der Waals surface area contributed by atoms with E-state index in [1.54, 1.807) is 6.92 Å². The molecule has 1 amide bonds. The van der Waals surface area contributed by atoms with Crippen LogP contribution in [0, 0.1) is 12.8 Å². The Morgan fingerprint density at radius 3 is 2.43 bits per heavy atom. The van der Waals surface area contributed by atoms with Gasteiger partial charge in [-0.25, -0.2) is 0 Å². The smallest absolute Gasteiger partial charge is 0.227 e. The Bertz CT molecular complexity index is 808. The molecule has 0 spiro atoms. The van der Waals surface area contributed by atoms with Gasteiger partial charge in [0.25, 0.3) is 0 Å². The van der Waals surface area contributed by atoms with Crippen molar-refractivity contribution in [2.75, 3.05) is 44.2 Å². The maximum absolute atomic E-state index is 12.9. The van der Waals surface area contributed by atoms with Crippen LogP contribution in [0.4, 0.5) is 5.69 Å². The summed E-state index contributed by atoms with van der Waals surface area (Å²) in [4.78, 5) is 24.0. The van der Waals surface area contributed by atoms with Crippen molar-refractivity contribution in [1.29, 1.82) is 0 Å². The Morgan fingerprint density at radius 2 is 1.82 bits per heavy atom. The van der Waals surface area contributed by atoms with Gasteiger partial charge in [-0.3, -0.25) is 9.69 Å². The highest BCUT2D eigenvalue weighted by Crippen LogP contribution is 2.27. The molecular formula is C21H29N5O2. The van der Waals surface area contributed by atoms with E-state index in [9.17, 15) is 4.79 Å². The molecule has 28 heavy (non-hydrogen) atoms. The molecule has 3 heterocycles. The highest BCUT2D eigenvalue weighted by Gasteiger charge is 2.33. The van der Waals surface area contributed by atoms with Crippen LogP contribution >= 0.6 is 0 Å². The quantitative estimate of drug-likeness (QED) is 0.808. The third-order valence-electron chi connectivity index (χ3n) is 5.91. The number of benzene rings is 1. The van der Waals surface area contributed by atoms with Crippen molar-refractivity contribution in [3.05, 3.63) is 30.2 Å². The molecule has 150 valence electrons. The molecule has 1 atom stereocenters. The summed E-state index contributed by atoms with van der Waals surface area (Å²) in [5.41, 5.74) is 2.08. The number of carbonyl (C=O) groups excluding carboxylic acids is 1. The lowest BCUT2D eigenvalue weighted by Crippen LogP contribution is -2.52. The van der Waals surface area contributed by atoms with Crippen molar-refractivity contribution in [3.8, 4) is 11.4 Å². The van der Waals surface area contributed by atoms with Crippen LogP contribution in [0.2, 0.25) is 0 Å². The van der Waals surface area contributed by atoms with Gasteiger partial charge >= 0.3 is 0 Å². The van der Waals surface area contributed by atoms with Gasteiger partial charge in [0.2, 0.25) is 17.6 Å². The van der Waals surface area contributed by atoms with Gasteiger partial charge in [-0.05, 0) is 44.5 Å². The monoisotopic (exact) mass is 383 g/mol. The average molecular weight is 383 g/mol. The van der Waals surface area contributed by atoms with Gasteiger partial charge in [0, 0.05) is 63.5 Å². The van der Waals surface area contributed by atoms with E-state index in [2.05, 4.69) is 50.8 Å². The van der Waals surface area contributed by atoms with E-state index in [4.69, 9.17) is 4.52 Å². The van der Waals surface area contributed by atoms with E-state index in [-0.39, 0.29) is 5.92 Å². The van der Waals surface area contributed by atoms with Crippen LogP contribution < -0.4 is 4.90 Å². The van der Waals surface area contributed by atoms with E-state index in [0.29, 0.717) is 23.7 Å². The zero-order chi connectivity index (χ0) is 19.7.